The lowest BCUT2D eigenvalue weighted by Crippen LogP contribution is -2.27. The molecule has 1 N–H and O–H groups in total. The number of imidazole rings is 1. The molecule has 1 aliphatic rings. The van der Waals surface area contributed by atoms with Gasteiger partial charge < -0.3 is 14.4 Å². The molecule has 0 saturated carbocycles. The van der Waals surface area contributed by atoms with Crippen LogP contribution in [-0.4, -0.2) is 39.6 Å². The fourth-order valence-corrected chi connectivity index (χ4v) is 3.18. The van der Waals surface area contributed by atoms with Crippen molar-refractivity contribution in [3.63, 3.8) is 0 Å². The van der Waals surface area contributed by atoms with Gasteiger partial charge in [-0.15, -0.1) is 0 Å². The van der Waals surface area contributed by atoms with E-state index in [9.17, 15) is 4.79 Å². The first kappa shape index (κ1) is 15.4. The van der Waals surface area contributed by atoms with Gasteiger partial charge in [0, 0.05) is 23.9 Å². The van der Waals surface area contributed by atoms with Crippen LogP contribution in [0.1, 0.15) is 45.3 Å². The predicted molar refractivity (Wildman–Crippen MR) is 78.4 cm³/mol. The third kappa shape index (κ3) is 3.55. The molecule has 0 aliphatic carbocycles. The van der Waals surface area contributed by atoms with E-state index in [-0.39, 0.29) is 17.2 Å². The van der Waals surface area contributed by atoms with E-state index in [1.165, 1.54) is 11.8 Å². The molecule has 0 bridgehead atoms. The van der Waals surface area contributed by atoms with Crippen LogP contribution in [0.3, 0.4) is 0 Å². The zero-order valence-electron chi connectivity index (χ0n) is 12.3. The molecular weight excluding hydrogens is 276 g/mol. The minimum absolute atomic E-state index is 0.0213. The Morgan fingerprint density at radius 2 is 2.35 bits per heavy atom. The smallest absolute Gasteiger partial charge is 0.313 e. The number of nitrogens with zero attached hydrogens (tertiary/aromatic N) is 2. The van der Waals surface area contributed by atoms with Crippen LogP contribution < -0.4 is 0 Å². The highest BCUT2D eigenvalue weighted by molar-refractivity contribution is 7.99. The van der Waals surface area contributed by atoms with Crippen molar-refractivity contribution in [3.8, 4) is 0 Å². The average Bonchev–Trinajstić information content (AvgIpc) is 2.81. The van der Waals surface area contributed by atoms with Gasteiger partial charge in [0.25, 0.3) is 0 Å². The van der Waals surface area contributed by atoms with Crippen LogP contribution in [0.25, 0.3) is 0 Å². The van der Waals surface area contributed by atoms with Gasteiger partial charge in [-0.25, -0.2) is 4.98 Å². The molecule has 112 valence electrons. The van der Waals surface area contributed by atoms with Gasteiger partial charge >= 0.3 is 5.97 Å². The summed E-state index contributed by atoms with van der Waals surface area (Å²) in [5.74, 6) is -0.782. The lowest BCUT2D eigenvalue weighted by atomic mass is 9.92. The lowest BCUT2D eigenvalue weighted by molar-refractivity contribution is -0.133. The molecule has 0 aromatic carbocycles. The van der Waals surface area contributed by atoms with Gasteiger partial charge in [0.05, 0.1) is 18.4 Å². The highest BCUT2D eigenvalue weighted by atomic mass is 32.2. The average molecular weight is 298 g/mol. The van der Waals surface area contributed by atoms with Crippen LogP contribution in [0.15, 0.2) is 11.4 Å². The molecule has 20 heavy (non-hydrogen) atoms. The molecule has 1 aromatic heterocycles. The molecule has 1 aromatic rings. The maximum Gasteiger partial charge on any atom is 0.313 e. The van der Waals surface area contributed by atoms with E-state index in [4.69, 9.17) is 9.84 Å². The summed E-state index contributed by atoms with van der Waals surface area (Å²) in [6, 6.07) is 0.261. The van der Waals surface area contributed by atoms with Crippen molar-refractivity contribution in [1.82, 2.24) is 9.55 Å². The first-order valence-electron chi connectivity index (χ1n) is 6.89. The Morgan fingerprint density at radius 3 is 2.90 bits per heavy atom. The first-order valence-corrected chi connectivity index (χ1v) is 7.88. The highest BCUT2D eigenvalue weighted by Crippen LogP contribution is 2.33. The number of carboxylic acids is 1. The van der Waals surface area contributed by atoms with Crippen LogP contribution in [0.2, 0.25) is 0 Å². The Labute approximate surface area is 123 Å². The largest absolute Gasteiger partial charge is 0.481 e. The van der Waals surface area contributed by atoms with Crippen molar-refractivity contribution < 1.29 is 14.6 Å². The van der Waals surface area contributed by atoms with E-state index in [0.717, 1.165) is 30.3 Å². The molecule has 6 heteroatoms. The molecule has 1 unspecified atom stereocenters. The zero-order valence-corrected chi connectivity index (χ0v) is 13.1. The molecule has 5 nitrogen and oxygen atoms in total. The maximum absolute atomic E-state index is 10.8. The minimum Gasteiger partial charge on any atom is -0.481 e. The minimum atomic E-state index is -0.818. The number of rotatable bonds is 4. The predicted octanol–water partition coefficient (Wildman–Crippen LogP) is 2.71. The number of thioether (sulfide) groups is 1. The third-order valence-electron chi connectivity index (χ3n) is 3.36. The van der Waals surface area contributed by atoms with E-state index >= 15 is 0 Å². The summed E-state index contributed by atoms with van der Waals surface area (Å²) in [7, 11) is 0. The molecular formula is C14H22N2O3S. The second-order valence-electron chi connectivity index (χ2n) is 6.10. The molecule has 0 spiro atoms. The SMILES string of the molecule is CC(C)(C)c1cnc(SCC(=O)O)n1C1CCCOC1. The van der Waals surface area contributed by atoms with Crippen LogP contribution in [0.4, 0.5) is 0 Å². The third-order valence-corrected chi connectivity index (χ3v) is 4.31. The van der Waals surface area contributed by atoms with Crippen LogP contribution in [0.5, 0.6) is 0 Å². The van der Waals surface area contributed by atoms with E-state index in [1.54, 1.807) is 0 Å². The van der Waals surface area contributed by atoms with Crippen molar-refractivity contribution in [2.45, 2.75) is 50.2 Å². The summed E-state index contributed by atoms with van der Waals surface area (Å²) in [5.41, 5.74) is 1.12. The van der Waals surface area contributed by atoms with E-state index in [1.807, 2.05) is 6.20 Å². The van der Waals surface area contributed by atoms with Crippen molar-refractivity contribution in [1.29, 1.82) is 0 Å². The summed E-state index contributed by atoms with van der Waals surface area (Å²) in [4.78, 5) is 15.2. The topological polar surface area (TPSA) is 64.3 Å². The Kier molecular flexibility index (Phi) is 4.75. The Bertz CT molecular complexity index is 473. The molecule has 2 heterocycles. The molecule has 0 radical (unpaired) electrons. The van der Waals surface area contributed by atoms with Gasteiger partial charge in [-0.1, -0.05) is 32.5 Å². The number of hydrogen-bond donors (Lipinski definition) is 1. The number of carbonyl (C=O) groups is 1. The van der Waals surface area contributed by atoms with Gasteiger partial charge in [0.2, 0.25) is 0 Å². The van der Waals surface area contributed by atoms with Crippen LogP contribution in [-0.2, 0) is 14.9 Å². The molecule has 1 aliphatic heterocycles. The van der Waals surface area contributed by atoms with Gasteiger partial charge in [-0.3, -0.25) is 4.79 Å². The molecule has 1 saturated heterocycles. The van der Waals surface area contributed by atoms with Crippen molar-refractivity contribution in [2.75, 3.05) is 19.0 Å². The summed E-state index contributed by atoms with van der Waals surface area (Å²) >= 11 is 1.28. The van der Waals surface area contributed by atoms with Gasteiger partial charge in [0.15, 0.2) is 5.16 Å². The second kappa shape index (κ2) is 6.18. The van der Waals surface area contributed by atoms with E-state index in [0.29, 0.717) is 6.61 Å². The van der Waals surface area contributed by atoms with Crippen molar-refractivity contribution in [2.24, 2.45) is 0 Å². The lowest BCUT2D eigenvalue weighted by Gasteiger charge is -2.30. The first-order chi connectivity index (χ1) is 9.39. The fourth-order valence-electron chi connectivity index (χ4n) is 2.41. The normalized spacial score (nSPS) is 20.1. The monoisotopic (exact) mass is 298 g/mol. The Morgan fingerprint density at radius 1 is 1.60 bits per heavy atom. The quantitative estimate of drug-likeness (QED) is 0.866. The standard InChI is InChI=1S/C14H22N2O3S/c1-14(2,3)11-7-15-13(20-9-12(17)18)16(11)10-5-4-6-19-8-10/h7,10H,4-6,8-9H2,1-3H3,(H,17,18). The second-order valence-corrected chi connectivity index (χ2v) is 7.04. The zero-order chi connectivity index (χ0) is 14.8. The van der Waals surface area contributed by atoms with Gasteiger partial charge in [-0.05, 0) is 12.8 Å². The number of ether oxygens (including phenoxy) is 1. The van der Waals surface area contributed by atoms with E-state index in [2.05, 4.69) is 30.3 Å². The van der Waals surface area contributed by atoms with E-state index < -0.39 is 5.97 Å². The Balaban J connectivity index is 2.31. The number of aromatic nitrogens is 2. The van der Waals surface area contributed by atoms with Crippen molar-refractivity contribution >= 4 is 17.7 Å². The molecule has 2 rings (SSSR count). The summed E-state index contributed by atoms with van der Waals surface area (Å²) in [6.07, 6.45) is 3.97. The van der Waals surface area contributed by atoms with Gasteiger partial charge in [0.1, 0.15) is 0 Å². The summed E-state index contributed by atoms with van der Waals surface area (Å²) in [6.45, 7) is 7.94. The van der Waals surface area contributed by atoms with Crippen molar-refractivity contribution in [3.05, 3.63) is 11.9 Å². The maximum atomic E-state index is 10.8. The molecule has 1 fully saturated rings. The molecule has 0 amide bonds. The summed E-state index contributed by atoms with van der Waals surface area (Å²) < 4.78 is 7.77. The summed E-state index contributed by atoms with van der Waals surface area (Å²) in [5, 5.41) is 9.65. The highest BCUT2D eigenvalue weighted by Gasteiger charge is 2.27. The van der Waals surface area contributed by atoms with Crippen LogP contribution in [0, 0.1) is 0 Å². The number of aliphatic carboxylic acids is 1. The van der Waals surface area contributed by atoms with Crippen LogP contribution >= 0.6 is 11.8 Å². The number of carboxylic acid groups (broad SMARTS) is 1. The number of hydrogen-bond acceptors (Lipinski definition) is 4. The fraction of sp³-hybridized carbons (Fsp3) is 0.714. The molecule has 1 atom stereocenters. The Hall–Kier alpha value is -1.01. The van der Waals surface area contributed by atoms with Gasteiger partial charge in [-0.2, -0.15) is 0 Å².